The number of nitrogens with one attached hydrogen (secondary N) is 1. The first-order valence-corrected chi connectivity index (χ1v) is 9.38. The molecule has 31 heavy (non-hydrogen) atoms. The molecule has 0 amide bonds. The van der Waals surface area contributed by atoms with Gasteiger partial charge in [0.05, 0.1) is 14.2 Å². The Balaban J connectivity index is 1.64. The van der Waals surface area contributed by atoms with Crippen molar-refractivity contribution in [1.82, 2.24) is 15.0 Å². The molecule has 0 saturated carbocycles. The number of ether oxygens (including phenoxy) is 3. The van der Waals surface area contributed by atoms with E-state index in [2.05, 4.69) is 20.3 Å². The zero-order chi connectivity index (χ0) is 22.2. The van der Waals surface area contributed by atoms with Gasteiger partial charge in [0.25, 0.3) is 0 Å². The Labute approximate surface area is 179 Å². The van der Waals surface area contributed by atoms with Crippen LogP contribution in [-0.2, 0) is 16.1 Å². The van der Waals surface area contributed by atoms with Gasteiger partial charge in [0.2, 0.25) is 11.9 Å². The molecular formula is C22H23N5O4. The minimum Gasteiger partial charge on any atom is -0.497 e. The average molecular weight is 421 g/mol. The number of aryl methyl sites for hydroxylation is 1. The van der Waals surface area contributed by atoms with Crippen LogP contribution in [0.4, 0.5) is 17.6 Å². The maximum atomic E-state index is 12.1. The van der Waals surface area contributed by atoms with Gasteiger partial charge in [-0.2, -0.15) is 15.0 Å². The van der Waals surface area contributed by atoms with E-state index >= 15 is 0 Å². The highest BCUT2D eigenvalue weighted by atomic mass is 16.5. The second-order valence-electron chi connectivity index (χ2n) is 6.47. The van der Waals surface area contributed by atoms with Crippen molar-refractivity contribution in [3.05, 3.63) is 65.5 Å². The Morgan fingerprint density at radius 2 is 1.84 bits per heavy atom. The molecule has 1 aromatic heterocycles. The number of nitrogens with two attached hydrogens (primary N) is 1. The normalized spacial score (nSPS) is 10.7. The lowest BCUT2D eigenvalue weighted by Gasteiger charge is -2.08. The second-order valence-corrected chi connectivity index (χ2v) is 6.47. The summed E-state index contributed by atoms with van der Waals surface area (Å²) in [7, 11) is 3.11. The van der Waals surface area contributed by atoms with Crippen LogP contribution in [0.2, 0.25) is 0 Å². The summed E-state index contributed by atoms with van der Waals surface area (Å²) in [6.07, 6.45) is 2.86. The van der Waals surface area contributed by atoms with E-state index in [1.54, 1.807) is 38.5 Å². The first-order valence-electron chi connectivity index (χ1n) is 9.38. The maximum absolute atomic E-state index is 12.1. The number of rotatable bonds is 8. The summed E-state index contributed by atoms with van der Waals surface area (Å²) >= 11 is 0. The van der Waals surface area contributed by atoms with Gasteiger partial charge in [0.15, 0.2) is 12.4 Å². The Hall–Kier alpha value is -4.14. The van der Waals surface area contributed by atoms with E-state index < -0.39 is 5.97 Å². The number of nitrogens with zero attached hydrogens (tertiary/aromatic N) is 3. The molecule has 0 fully saturated rings. The van der Waals surface area contributed by atoms with E-state index in [9.17, 15) is 4.79 Å². The topological polar surface area (TPSA) is 121 Å². The Kier molecular flexibility index (Phi) is 7.00. The molecule has 3 rings (SSSR count). The van der Waals surface area contributed by atoms with Gasteiger partial charge in [0.1, 0.15) is 11.5 Å². The Morgan fingerprint density at radius 1 is 1.06 bits per heavy atom. The van der Waals surface area contributed by atoms with Crippen molar-refractivity contribution in [3.63, 3.8) is 0 Å². The third-order valence-electron chi connectivity index (χ3n) is 4.19. The molecule has 1 heterocycles. The molecule has 0 radical (unpaired) electrons. The lowest BCUT2D eigenvalue weighted by atomic mass is 10.1. The fraction of sp³-hybridized carbons (Fsp3) is 0.182. The predicted molar refractivity (Wildman–Crippen MR) is 117 cm³/mol. The summed E-state index contributed by atoms with van der Waals surface area (Å²) in [4.78, 5) is 24.4. The summed E-state index contributed by atoms with van der Waals surface area (Å²) in [6, 6.07) is 13.0. The van der Waals surface area contributed by atoms with Crippen LogP contribution >= 0.6 is 0 Å². The quantitative estimate of drug-likeness (QED) is 0.417. The molecule has 0 aliphatic carbocycles. The number of benzene rings is 2. The second kappa shape index (κ2) is 10.1. The number of anilines is 3. The van der Waals surface area contributed by atoms with E-state index in [1.807, 2.05) is 31.2 Å². The molecule has 3 aromatic rings. The molecule has 3 N–H and O–H groups in total. The minimum atomic E-state index is -0.572. The monoisotopic (exact) mass is 421 g/mol. The summed E-state index contributed by atoms with van der Waals surface area (Å²) in [5.41, 5.74) is 8.36. The van der Waals surface area contributed by atoms with Gasteiger partial charge >= 0.3 is 5.97 Å². The molecule has 0 unspecified atom stereocenters. The van der Waals surface area contributed by atoms with Crippen molar-refractivity contribution in [2.24, 2.45) is 0 Å². The third-order valence-corrected chi connectivity index (χ3v) is 4.19. The van der Waals surface area contributed by atoms with Crippen LogP contribution in [0.25, 0.3) is 6.08 Å². The van der Waals surface area contributed by atoms with Crippen molar-refractivity contribution in [2.75, 3.05) is 25.3 Å². The minimum absolute atomic E-state index is 0.0207. The Bertz CT molecular complexity index is 1080. The van der Waals surface area contributed by atoms with Gasteiger partial charge in [-0.1, -0.05) is 17.7 Å². The van der Waals surface area contributed by atoms with Gasteiger partial charge in [-0.05, 0) is 43.3 Å². The number of carbonyl (C=O) groups is 1. The Morgan fingerprint density at radius 3 is 2.55 bits per heavy atom. The largest absolute Gasteiger partial charge is 0.497 e. The van der Waals surface area contributed by atoms with Gasteiger partial charge in [-0.25, -0.2) is 4.79 Å². The molecule has 160 valence electrons. The van der Waals surface area contributed by atoms with E-state index in [-0.39, 0.29) is 24.3 Å². The van der Waals surface area contributed by atoms with Crippen molar-refractivity contribution >= 4 is 29.6 Å². The zero-order valence-corrected chi connectivity index (χ0v) is 17.5. The number of nitrogen functional groups attached to an aromatic ring is 1. The third kappa shape index (κ3) is 6.17. The van der Waals surface area contributed by atoms with E-state index in [4.69, 9.17) is 19.9 Å². The smallest absolute Gasteiger partial charge is 0.331 e. The van der Waals surface area contributed by atoms with Gasteiger partial charge in [-0.15, -0.1) is 0 Å². The zero-order valence-electron chi connectivity index (χ0n) is 17.5. The summed E-state index contributed by atoms with van der Waals surface area (Å²) in [5.74, 6) is 1.18. The van der Waals surface area contributed by atoms with Crippen LogP contribution in [0.15, 0.2) is 48.5 Å². The number of methoxy groups -OCH3 is 2. The van der Waals surface area contributed by atoms with Gasteiger partial charge in [0, 0.05) is 17.3 Å². The van der Waals surface area contributed by atoms with Gasteiger partial charge in [-0.3, -0.25) is 0 Å². The SMILES string of the molecule is COc1ccc(OC)c(/C=C/C(=O)OCc2nc(N)nc(Nc3ccc(C)cc3)n2)c1. The first kappa shape index (κ1) is 21.6. The fourth-order valence-corrected chi connectivity index (χ4v) is 2.64. The highest BCUT2D eigenvalue weighted by Gasteiger charge is 2.08. The number of esters is 1. The molecule has 0 aliphatic heterocycles. The summed E-state index contributed by atoms with van der Waals surface area (Å²) < 4.78 is 15.7. The molecule has 9 heteroatoms. The van der Waals surface area contributed by atoms with Crippen LogP contribution in [0.5, 0.6) is 11.5 Å². The van der Waals surface area contributed by atoms with Crippen LogP contribution < -0.4 is 20.5 Å². The van der Waals surface area contributed by atoms with Crippen molar-refractivity contribution in [2.45, 2.75) is 13.5 Å². The van der Waals surface area contributed by atoms with E-state index in [0.717, 1.165) is 11.3 Å². The van der Waals surface area contributed by atoms with Crippen molar-refractivity contribution in [1.29, 1.82) is 0 Å². The van der Waals surface area contributed by atoms with Crippen LogP contribution in [0, 0.1) is 6.92 Å². The highest BCUT2D eigenvalue weighted by Crippen LogP contribution is 2.25. The van der Waals surface area contributed by atoms with Crippen molar-refractivity contribution in [3.8, 4) is 11.5 Å². The van der Waals surface area contributed by atoms with E-state index in [0.29, 0.717) is 17.1 Å². The predicted octanol–water partition coefficient (Wildman–Crippen LogP) is 3.28. The van der Waals surface area contributed by atoms with Gasteiger partial charge < -0.3 is 25.3 Å². The molecule has 2 aromatic carbocycles. The highest BCUT2D eigenvalue weighted by molar-refractivity contribution is 5.87. The maximum Gasteiger partial charge on any atom is 0.331 e. The lowest BCUT2D eigenvalue weighted by Crippen LogP contribution is -2.10. The summed E-state index contributed by atoms with van der Waals surface area (Å²) in [5, 5.41) is 3.05. The standard InChI is InChI=1S/C22H23N5O4/c1-14-4-7-16(8-5-14)24-22-26-19(25-21(23)27-22)13-31-20(28)11-6-15-12-17(29-2)9-10-18(15)30-3/h4-12H,13H2,1-3H3,(H3,23,24,25,26,27)/b11-6+. The number of hydrogen-bond donors (Lipinski definition) is 2. The molecule has 0 saturated heterocycles. The lowest BCUT2D eigenvalue weighted by molar-refractivity contribution is -0.139. The van der Waals surface area contributed by atoms with Crippen LogP contribution in [0.3, 0.4) is 0 Å². The molecule has 0 aliphatic rings. The molecular weight excluding hydrogens is 398 g/mol. The number of aromatic nitrogens is 3. The average Bonchev–Trinajstić information content (AvgIpc) is 2.77. The van der Waals surface area contributed by atoms with Crippen molar-refractivity contribution < 1.29 is 19.0 Å². The fourth-order valence-electron chi connectivity index (χ4n) is 2.64. The van der Waals surface area contributed by atoms with Crippen LogP contribution in [-0.4, -0.2) is 35.1 Å². The first-order chi connectivity index (χ1) is 15.0. The molecule has 0 bridgehead atoms. The summed E-state index contributed by atoms with van der Waals surface area (Å²) in [6.45, 7) is 1.84. The molecule has 9 nitrogen and oxygen atoms in total. The number of hydrogen-bond acceptors (Lipinski definition) is 9. The number of carbonyl (C=O) groups excluding carboxylic acids is 1. The van der Waals surface area contributed by atoms with Crippen LogP contribution in [0.1, 0.15) is 17.0 Å². The van der Waals surface area contributed by atoms with E-state index in [1.165, 1.54) is 6.08 Å². The molecule has 0 spiro atoms. The molecule has 0 atom stereocenters.